The van der Waals surface area contributed by atoms with Crippen molar-refractivity contribution in [1.29, 1.82) is 0 Å². The Morgan fingerprint density at radius 3 is 2.48 bits per heavy atom. The Morgan fingerprint density at radius 1 is 1.14 bits per heavy atom. The maximum atomic E-state index is 12.2. The molecule has 2 aromatic carbocycles. The summed E-state index contributed by atoms with van der Waals surface area (Å²) in [5.41, 5.74) is 1.50. The first-order chi connectivity index (χ1) is 10.0. The van der Waals surface area contributed by atoms with Crippen molar-refractivity contribution < 1.29 is 18.3 Å². The van der Waals surface area contributed by atoms with Gasteiger partial charge in [0.2, 0.25) is 0 Å². The maximum absolute atomic E-state index is 12.2. The summed E-state index contributed by atoms with van der Waals surface area (Å²) in [6, 6.07) is 13.2. The number of sulfonamides is 1. The Hall–Kier alpha value is -2.05. The van der Waals surface area contributed by atoms with Crippen molar-refractivity contribution in [2.45, 2.75) is 11.8 Å². The number of aliphatic hydroxyl groups excluding tert-OH is 1. The smallest absolute Gasteiger partial charge is 0.261 e. The zero-order chi connectivity index (χ0) is 15.3. The summed E-state index contributed by atoms with van der Waals surface area (Å²) in [5, 5.41) is 8.67. The lowest BCUT2D eigenvalue weighted by atomic mass is 10.2. The van der Waals surface area contributed by atoms with Crippen LogP contribution in [0.5, 0.6) is 5.75 Å². The van der Waals surface area contributed by atoms with Crippen LogP contribution in [0.25, 0.3) is 0 Å². The molecule has 0 saturated heterocycles. The Kier molecular flexibility index (Phi) is 4.82. The molecule has 0 fully saturated rings. The number of hydrogen-bond donors (Lipinski definition) is 2. The van der Waals surface area contributed by atoms with Gasteiger partial charge < -0.3 is 9.84 Å². The van der Waals surface area contributed by atoms with Crippen LogP contribution >= 0.6 is 0 Å². The Bertz CT molecular complexity index is 696. The number of hydrogen-bond acceptors (Lipinski definition) is 4. The van der Waals surface area contributed by atoms with E-state index in [1.807, 2.05) is 13.0 Å². The molecule has 112 valence electrons. The van der Waals surface area contributed by atoms with Crippen molar-refractivity contribution in [3.05, 3.63) is 54.1 Å². The highest BCUT2D eigenvalue weighted by atomic mass is 32.2. The zero-order valence-electron chi connectivity index (χ0n) is 11.6. The van der Waals surface area contributed by atoms with E-state index in [9.17, 15) is 8.42 Å². The van der Waals surface area contributed by atoms with Crippen molar-refractivity contribution >= 4 is 15.7 Å². The molecule has 0 aliphatic rings. The van der Waals surface area contributed by atoms with Gasteiger partial charge in [0.25, 0.3) is 10.0 Å². The van der Waals surface area contributed by atoms with Crippen LogP contribution in [-0.4, -0.2) is 26.7 Å². The highest BCUT2D eigenvalue weighted by Gasteiger charge is 2.14. The summed E-state index contributed by atoms with van der Waals surface area (Å²) < 4.78 is 32.2. The first kappa shape index (κ1) is 15.3. The van der Waals surface area contributed by atoms with Crippen LogP contribution < -0.4 is 9.46 Å². The van der Waals surface area contributed by atoms with Gasteiger partial charge in [0, 0.05) is 5.69 Å². The van der Waals surface area contributed by atoms with Crippen molar-refractivity contribution in [1.82, 2.24) is 0 Å². The lowest BCUT2D eigenvalue weighted by Crippen LogP contribution is -2.13. The molecule has 5 nitrogen and oxygen atoms in total. The van der Waals surface area contributed by atoms with Crippen LogP contribution in [0.3, 0.4) is 0 Å². The van der Waals surface area contributed by atoms with Crippen LogP contribution in [0.4, 0.5) is 5.69 Å². The Labute approximate surface area is 124 Å². The minimum Gasteiger partial charge on any atom is -0.491 e. The molecule has 2 rings (SSSR count). The minimum atomic E-state index is -3.62. The second-order valence-corrected chi connectivity index (χ2v) is 6.20. The maximum Gasteiger partial charge on any atom is 0.261 e. The number of rotatable bonds is 6. The Morgan fingerprint density at radius 2 is 1.86 bits per heavy atom. The van der Waals surface area contributed by atoms with Crippen molar-refractivity contribution in [3.8, 4) is 5.75 Å². The monoisotopic (exact) mass is 307 g/mol. The highest BCUT2D eigenvalue weighted by Crippen LogP contribution is 2.19. The van der Waals surface area contributed by atoms with Gasteiger partial charge in [0.05, 0.1) is 11.5 Å². The average molecular weight is 307 g/mol. The fourth-order valence-corrected chi connectivity index (χ4v) is 2.85. The van der Waals surface area contributed by atoms with Crippen molar-refractivity contribution in [3.63, 3.8) is 0 Å². The van der Waals surface area contributed by atoms with E-state index in [-0.39, 0.29) is 18.1 Å². The number of ether oxygens (including phenoxy) is 1. The lowest BCUT2D eigenvalue weighted by molar-refractivity contribution is 0.201. The van der Waals surface area contributed by atoms with Gasteiger partial charge in [-0.1, -0.05) is 12.1 Å². The van der Waals surface area contributed by atoms with Crippen LogP contribution in [0.2, 0.25) is 0 Å². The largest absolute Gasteiger partial charge is 0.491 e. The Balaban J connectivity index is 2.15. The van der Waals surface area contributed by atoms with Crippen LogP contribution in [0.15, 0.2) is 53.4 Å². The summed E-state index contributed by atoms with van der Waals surface area (Å²) in [5.74, 6) is 0.513. The summed E-state index contributed by atoms with van der Waals surface area (Å²) in [6.07, 6.45) is 0. The van der Waals surface area contributed by atoms with Crippen molar-refractivity contribution in [2.75, 3.05) is 17.9 Å². The van der Waals surface area contributed by atoms with Gasteiger partial charge in [-0.25, -0.2) is 8.42 Å². The number of nitrogens with one attached hydrogen (secondary N) is 1. The molecule has 0 amide bonds. The predicted octanol–water partition coefficient (Wildman–Crippen LogP) is 2.17. The lowest BCUT2D eigenvalue weighted by Gasteiger charge is -2.09. The van der Waals surface area contributed by atoms with Gasteiger partial charge in [0.1, 0.15) is 12.4 Å². The average Bonchev–Trinajstić information content (AvgIpc) is 2.45. The van der Waals surface area contributed by atoms with E-state index in [0.717, 1.165) is 5.56 Å². The molecule has 0 atom stereocenters. The molecule has 21 heavy (non-hydrogen) atoms. The van der Waals surface area contributed by atoms with E-state index in [1.165, 1.54) is 12.1 Å². The van der Waals surface area contributed by atoms with E-state index in [2.05, 4.69) is 4.72 Å². The molecule has 0 spiro atoms. The number of aliphatic hydroxyl groups is 1. The van der Waals surface area contributed by atoms with Gasteiger partial charge in [-0.2, -0.15) is 0 Å². The van der Waals surface area contributed by atoms with Gasteiger partial charge >= 0.3 is 0 Å². The summed E-state index contributed by atoms with van der Waals surface area (Å²) >= 11 is 0. The summed E-state index contributed by atoms with van der Waals surface area (Å²) in [7, 11) is -3.62. The predicted molar refractivity (Wildman–Crippen MR) is 81.0 cm³/mol. The molecule has 0 aliphatic heterocycles. The van der Waals surface area contributed by atoms with Gasteiger partial charge in [-0.15, -0.1) is 0 Å². The zero-order valence-corrected chi connectivity index (χ0v) is 12.4. The molecule has 2 N–H and O–H groups in total. The molecule has 0 heterocycles. The topological polar surface area (TPSA) is 75.6 Å². The molecule has 0 bridgehead atoms. The molecule has 0 aromatic heterocycles. The SMILES string of the molecule is Cc1cccc(NS(=O)(=O)c2ccc(OCCO)cc2)c1. The molecule has 0 aliphatic carbocycles. The van der Waals surface area contributed by atoms with E-state index in [4.69, 9.17) is 9.84 Å². The van der Waals surface area contributed by atoms with Crippen LogP contribution in [-0.2, 0) is 10.0 Å². The second kappa shape index (κ2) is 6.60. The molecule has 0 saturated carbocycles. The summed E-state index contributed by atoms with van der Waals surface area (Å²) in [6.45, 7) is 1.98. The molecule has 2 aromatic rings. The number of benzene rings is 2. The second-order valence-electron chi connectivity index (χ2n) is 4.52. The normalized spacial score (nSPS) is 11.1. The summed E-state index contributed by atoms with van der Waals surface area (Å²) in [4.78, 5) is 0.153. The van der Waals surface area contributed by atoms with E-state index < -0.39 is 10.0 Å². The van der Waals surface area contributed by atoms with Crippen LogP contribution in [0.1, 0.15) is 5.56 Å². The van der Waals surface area contributed by atoms with Crippen molar-refractivity contribution in [2.24, 2.45) is 0 Å². The van der Waals surface area contributed by atoms with E-state index in [0.29, 0.717) is 11.4 Å². The standard InChI is InChI=1S/C15H17NO4S/c1-12-3-2-4-13(11-12)16-21(18,19)15-7-5-14(6-8-15)20-10-9-17/h2-8,11,16-17H,9-10H2,1H3. The molecular weight excluding hydrogens is 290 g/mol. The molecular formula is C15H17NO4S. The first-order valence-corrected chi connectivity index (χ1v) is 7.93. The number of aryl methyl sites for hydroxylation is 1. The van der Waals surface area contributed by atoms with E-state index in [1.54, 1.807) is 30.3 Å². The van der Waals surface area contributed by atoms with Crippen LogP contribution in [0, 0.1) is 6.92 Å². The molecule has 6 heteroatoms. The third-order valence-corrected chi connectivity index (χ3v) is 4.16. The van der Waals surface area contributed by atoms with E-state index >= 15 is 0 Å². The van der Waals surface area contributed by atoms with Gasteiger partial charge in [-0.05, 0) is 48.9 Å². The third kappa shape index (κ3) is 4.21. The minimum absolute atomic E-state index is 0.0883. The third-order valence-electron chi connectivity index (χ3n) is 2.76. The fraction of sp³-hybridized carbons (Fsp3) is 0.200. The van der Waals surface area contributed by atoms with Gasteiger partial charge in [-0.3, -0.25) is 4.72 Å². The first-order valence-electron chi connectivity index (χ1n) is 6.44. The quantitative estimate of drug-likeness (QED) is 0.857. The highest BCUT2D eigenvalue weighted by molar-refractivity contribution is 7.92. The van der Waals surface area contributed by atoms with Gasteiger partial charge in [0.15, 0.2) is 0 Å². The molecule has 0 radical (unpaired) electrons. The molecule has 0 unspecified atom stereocenters. The number of anilines is 1. The fourth-order valence-electron chi connectivity index (χ4n) is 1.80.